The summed E-state index contributed by atoms with van der Waals surface area (Å²) in [6.45, 7) is -0.200. The van der Waals surface area contributed by atoms with Crippen molar-refractivity contribution in [3.63, 3.8) is 0 Å². The quantitative estimate of drug-likeness (QED) is 0.919. The van der Waals surface area contributed by atoms with Crippen LogP contribution in [0.5, 0.6) is 11.5 Å². The van der Waals surface area contributed by atoms with Gasteiger partial charge in [0.1, 0.15) is 17.3 Å². The van der Waals surface area contributed by atoms with Crippen molar-refractivity contribution in [3.8, 4) is 11.5 Å². The average Bonchev–Trinajstić information content (AvgIpc) is 2.48. The molecule has 0 atom stereocenters. The third-order valence-corrected chi connectivity index (χ3v) is 2.95. The SMILES string of the molecule is COc1ccc(NC(=O)COc2ccc(F)cc2)c(Cl)c1. The zero-order valence-electron chi connectivity index (χ0n) is 11.2. The van der Waals surface area contributed by atoms with Crippen LogP contribution in [0.4, 0.5) is 10.1 Å². The minimum Gasteiger partial charge on any atom is -0.497 e. The van der Waals surface area contributed by atoms with Gasteiger partial charge in [0.2, 0.25) is 0 Å². The van der Waals surface area contributed by atoms with Crippen molar-refractivity contribution in [3.05, 3.63) is 53.3 Å². The number of ether oxygens (including phenoxy) is 2. The van der Waals surface area contributed by atoms with Crippen molar-refractivity contribution in [2.45, 2.75) is 0 Å². The molecule has 4 nitrogen and oxygen atoms in total. The summed E-state index contributed by atoms with van der Waals surface area (Å²) in [5, 5.41) is 2.98. The third-order valence-electron chi connectivity index (χ3n) is 2.63. The Labute approximate surface area is 126 Å². The number of benzene rings is 2. The van der Waals surface area contributed by atoms with Gasteiger partial charge in [0, 0.05) is 6.07 Å². The summed E-state index contributed by atoms with van der Waals surface area (Å²) < 4.78 is 23.0. The summed E-state index contributed by atoms with van der Waals surface area (Å²) in [7, 11) is 1.53. The second kappa shape index (κ2) is 6.95. The highest BCUT2D eigenvalue weighted by Crippen LogP contribution is 2.26. The summed E-state index contributed by atoms with van der Waals surface area (Å²) in [5.74, 6) is 0.274. The van der Waals surface area contributed by atoms with Gasteiger partial charge >= 0.3 is 0 Å². The maximum atomic E-state index is 12.7. The van der Waals surface area contributed by atoms with E-state index in [1.165, 1.54) is 31.4 Å². The van der Waals surface area contributed by atoms with E-state index in [4.69, 9.17) is 21.1 Å². The Balaban J connectivity index is 1.91. The molecule has 0 unspecified atom stereocenters. The van der Waals surface area contributed by atoms with Crippen molar-refractivity contribution >= 4 is 23.2 Å². The molecule has 2 aromatic rings. The van der Waals surface area contributed by atoms with Gasteiger partial charge in [-0.25, -0.2) is 4.39 Å². The average molecular weight is 310 g/mol. The van der Waals surface area contributed by atoms with Crippen LogP contribution in [-0.2, 0) is 4.79 Å². The molecule has 2 rings (SSSR count). The smallest absolute Gasteiger partial charge is 0.262 e. The highest BCUT2D eigenvalue weighted by molar-refractivity contribution is 6.33. The van der Waals surface area contributed by atoms with Gasteiger partial charge < -0.3 is 14.8 Å². The number of hydrogen-bond acceptors (Lipinski definition) is 3. The minimum atomic E-state index is -0.369. The van der Waals surface area contributed by atoms with E-state index in [2.05, 4.69) is 5.32 Å². The Morgan fingerprint density at radius 1 is 1.19 bits per heavy atom. The van der Waals surface area contributed by atoms with E-state index in [0.29, 0.717) is 22.2 Å². The van der Waals surface area contributed by atoms with E-state index in [1.54, 1.807) is 18.2 Å². The number of nitrogens with one attached hydrogen (secondary N) is 1. The van der Waals surface area contributed by atoms with Gasteiger partial charge in [-0.15, -0.1) is 0 Å². The van der Waals surface area contributed by atoms with Gasteiger partial charge in [-0.05, 0) is 36.4 Å². The highest BCUT2D eigenvalue weighted by atomic mass is 35.5. The van der Waals surface area contributed by atoms with E-state index in [0.717, 1.165) is 0 Å². The van der Waals surface area contributed by atoms with Gasteiger partial charge in [-0.2, -0.15) is 0 Å². The molecule has 6 heteroatoms. The number of carbonyl (C=O) groups excluding carboxylic acids is 1. The van der Waals surface area contributed by atoms with Crippen molar-refractivity contribution in [1.29, 1.82) is 0 Å². The molecule has 0 saturated carbocycles. The zero-order valence-corrected chi connectivity index (χ0v) is 12.0. The lowest BCUT2D eigenvalue weighted by Crippen LogP contribution is -2.20. The topological polar surface area (TPSA) is 47.6 Å². The Bertz CT molecular complexity index is 631. The van der Waals surface area contributed by atoms with Crippen LogP contribution in [0, 0.1) is 5.82 Å². The van der Waals surface area contributed by atoms with Crippen LogP contribution >= 0.6 is 11.6 Å². The van der Waals surface area contributed by atoms with Crippen LogP contribution in [0.1, 0.15) is 0 Å². The van der Waals surface area contributed by atoms with Gasteiger partial charge in [0.05, 0.1) is 17.8 Å². The fourth-order valence-corrected chi connectivity index (χ4v) is 1.81. The number of carbonyl (C=O) groups is 1. The molecule has 21 heavy (non-hydrogen) atoms. The Morgan fingerprint density at radius 3 is 2.48 bits per heavy atom. The predicted octanol–water partition coefficient (Wildman–Crippen LogP) is 3.51. The van der Waals surface area contributed by atoms with E-state index in [-0.39, 0.29) is 18.3 Å². The summed E-state index contributed by atoms with van der Waals surface area (Å²) >= 11 is 6.01. The van der Waals surface area contributed by atoms with Crippen LogP contribution in [0.25, 0.3) is 0 Å². The van der Waals surface area contributed by atoms with Crippen LogP contribution in [0.2, 0.25) is 5.02 Å². The molecule has 0 spiro atoms. The normalized spacial score (nSPS) is 10.0. The molecule has 2 aromatic carbocycles. The number of anilines is 1. The van der Waals surface area contributed by atoms with Crippen molar-refractivity contribution in [2.24, 2.45) is 0 Å². The fourth-order valence-electron chi connectivity index (χ4n) is 1.59. The maximum Gasteiger partial charge on any atom is 0.262 e. The third kappa shape index (κ3) is 4.36. The van der Waals surface area contributed by atoms with Gasteiger partial charge in [-0.3, -0.25) is 4.79 Å². The van der Waals surface area contributed by atoms with Gasteiger partial charge in [-0.1, -0.05) is 11.6 Å². The zero-order chi connectivity index (χ0) is 15.2. The largest absolute Gasteiger partial charge is 0.497 e. The molecule has 1 N–H and O–H groups in total. The monoisotopic (exact) mass is 309 g/mol. The van der Waals surface area contributed by atoms with Crippen LogP contribution < -0.4 is 14.8 Å². The predicted molar refractivity (Wildman–Crippen MR) is 78.5 cm³/mol. The lowest BCUT2D eigenvalue weighted by atomic mass is 10.3. The van der Waals surface area contributed by atoms with Crippen LogP contribution in [-0.4, -0.2) is 19.6 Å². The molecule has 0 aliphatic heterocycles. The summed E-state index contributed by atoms with van der Waals surface area (Å²) in [4.78, 5) is 11.8. The number of amides is 1. The lowest BCUT2D eigenvalue weighted by Gasteiger charge is -2.09. The molecule has 0 radical (unpaired) electrons. The molecule has 0 fully saturated rings. The molecule has 1 amide bonds. The lowest BCUT2D eigenvalue weighted by molar-refractivity contribution is -0.118. The van der Waals surface area contributed by atoms with Crippen LogP contribution in [0.3, 0.4) is 0 Å². The first-order chi connectivity index (χ1) is 10.1. The first-order valence-electron chi connectivity index (χ1n) is 6.10. The van der Waals surface area contributed by atoms with Crippen molar-refractivity contribution in [2.75, 3.05) is 19.0 Å². The van der Waals surface area contributed by atoms with Crippen molar-refractivity contribution < 1.29 is 18.7 Å². The van der Waals surface area contributed by atoms with Crippen molar-refractivity contribution in [1.82, 2.24) is 0 Å². The van der Waals surface area contributed by atoms with Crippen LogP contribution in [0.15, 0.2) is 42.5 Å². The van der Waals surface area contributed by atoms with Gasteiger partial charge in [0.15, 0.2) is 6.61 Å². The molecular weight excluding hydrogens is 297 g/mol. The Hall–Kier alpha value is -2.27. The second-order valence-electron chi connectivity index (χ2n) is 4.14. The Morgan fingerprint density at radius 2 is 1.86 bits per heavy atom. The number of methoxy groups -OCH3 is 1. The maximum absolute atomic E-state index is 12.7. The molecule has 0 heterocycles. The highest BCUT2D eigenvalue weighted by Gasteiger charge is 2.08. The summed E-state index contributed by atoms with van der Waals surface area (Å²) in [6, 6.07) is 10.3. The Kier molecular flexibility index (Phi) is 5.00. The summed E-state index contributed by atoms with van der Waals surface area (Å²) in [5.41, 5.74) is 0.463. The van der Waals surface area contributed by atoms with Gasteiger partial charge in [0.25, 0.3) is 5.91 Å². The van der Waals surface area contributed by atoms with E-state index in [1.807, 2.05) is 0 Å². The molecule has 0 aromatic heterocycles. The molecule has 0 bridgehead atoms. The second-order valence-corrected chi connectivity index (χ2v) is 4.54. The molecular formula is C15H13ClFNO3. The van der Waals surface area contributed by atoms with E-state index < -0.39 is 0 Å². The number of hydrogen-bond donors (Lipinski definition) is 1. The molecule has 110 valence electrons. The molecule has 0 saturated heterocycles. The molecule has 0 aliphatic carbocycles. The summed E-state index contributed by atoms with van der Waals surface area (Å²) in [6.07, 6.45) is 0. The first kappa shape index (κ1) is 15.1. The standard InChI is InChI=1S/C15H13ClFNO3/c1-20-12-6-7-14(13(16)8-12)18-15(19)9-21-11-4-2-10(17)3-5-11/h2-8H,9H2,1H3,(H,18,19). The van der Waals surface area contributed by atoms with E-state index in [9.17, 15) is 9.18 Å². The minimum absolute atomic E-state index is 0.200. The number of rotatable bonds is 5. The van der Waals surface area contributed by atoms with E-state index >= 15 is 0 Å². The first-order valence-corrected chi connectivity index (χ1v) is 6.48. The molecule has 0 aliphatic rings. The fraction of sp³-hybridized carbons (Fsp3) is 0.133. The number of halogens is 2.